The third-order valence-corrected chi connectivity index (χ3v) is 0.493. The molecule has 0 saturated carbocycles. The van der Waals surface area contributed by atoms with Crippen molar-refractivity contribution in [3.05, 3.63) is 18.6 Å². The Hall–Kier alpha value is 0.714. The molecule has 0 aliphatic carbocycles. The molecule has 0 fully saturated rings. The maximum atomic E-state index is 3.62. The van der Waals surface area contributed by atoms with Crippen LogP contribution >= 0.6 is 0 Å². The molecule has 0 aromatic carbocycles. The Balaban J connectivity index is 0. The van der Waals surface area contributed by atoms with Crippen LogP contribution in [0.5, 0.6) is 0 Å². The van der Waals surface area contributed by atoms with Gasteiger partial charge in [0.15, 0.2) is 0 Å². The van der Waals surface area contributed by atoms with Gasteiger partial charge in [0.05, 0.1) is 0 Å². The number of rotatable bonds is 1. The summed E-state index contributed by atoms with van der Waals surface area (Å²) in [6.45, 7) is 7.56. The van der Waals surface area contributed by atoms with E-state index in [1.807, 2.05) is 20.3 Å². The average Bonchev–Trinajstić information content (AvgIpc) is 1.38. The van der Waals surface area contributed by atoms with E-state index in [4.69, 9.17) is 0 Å². The minimum atomic E-state index is 0. The fraction of sp³-hybridized carbons (Fsp3) is 0.400. The molecule has 0 rings (SSSR count). The van der Waals surface area contributed by atoms with Gasteiger partial charge in [-0.15, -0.1) is 6.92 Å². The van der Waals surface area contributed by atoms with Gasteiger partial charge in [0, 0.05) is 32.7 Å². The van der Waals surface area contributed by atoms with Crippen molar-refractivity contribution in [1.82, 2.24) is 0 Å². The van der Waals surface area contributed by atoms with E-state index in [0.717, 1.165) is 5.57 Å². The molecular weight excluding hydrogens is 149 g/mol. The van der Waals surface area contributed by atoms with Crippen LogP contribution in [0.3, 0.4) is 0 Å². The smallest absolute Gasteiger partial charge is 0 e. The van der Waals surface area contributed by atoms with Crippen LogP contribution in [0.25, 0.3) is 0 Å². The van der Waals surface area contributed by atoms with Crippen LogP contribution in [0.15, 0.2) is 12.2 Å². The first-order valence-corrected chi connectivity index (χ1v) is 1.72. The molecule has 0 aromatic rings. The summed E-state index contributed by atoms with van der Waals surface area (Å²) in [6, 6.07) is 0. The summed E-state index contributed by atoms with van der Waals surface area (Å²) in [4.78, 5) is 0. The van der Waals surface area contributed by atoms with E-state index >= 15 is 0 Å². The van der Waals surface area contributed by atoms with Crippen molar-refractivity contribution in [2.75, 3.05) is 0 Å². The molecule has 1 heteroatoms. The zero-order chi connectivity index (χ0) is 4.28. The van der Waals surface area contributed by atoms with Crippen LogP contribution in [-0.4, -0.2) is 0 Å². The molecule has 0 heterocycles. The zero-order valence-electron chi connectivity index (χ0n) is 4.36. The maximum absolute atomic E-state index is 3.62. The van der Waals surface area contributed by atoms with Gasteiger partial charge in [0.1, 0.15) is 0 Å². The Morgan fingerprint density at radius 2 is 1.83 bits per heavy atom. The van der Waals surface area contributed by atoms with Gasteiger partial charge in [-0.2, -0.15) is 0 Å². The molecule has 0 N–H and O–H groups in total. The van der Waals surface area contributed by atoms with Crippen molar-refractivity contribution in [2.24, 2.45) is 0 Å². The van der Waals surface area contributed by atoms with Crippen LogP contribution in [0.2, 0.25) is 0 Å². The molecule has 0 saturated heterocycles. The number of allylic oxidation sites excluding steroid dienone is 1. The minimum Gasteiger partial charge on any atom is -0.242 e. The Bertz CT molecular complexity index is 39.2. The molecule has 6 heavy (non-hydrogen) atoms. The van der Waals surface area contributed by atoms with E-state index in [1.54, 1.807) is 0 Å². The molecule has 0 amide bonds. The van der Waals surface area contributed by atoms with E-state index in [0.29, 0.717) is 0 Å². The predicted octanol–water partition coefficient (Wildman–Crippen LogP) is 1.78. The van der Waals surface area contributed by atoms with Crippen molar-refractivity contribution in [1.29, 1.82) is 0 Å². The molecule has 0 atom stereocenters. The Labute approximate surface area is 64.9 Å². The third kappa shape index (κ3) is 8.83. The largest absolute Gasteiger partial charge is 0.242 e. The first-order valence-electron chi connectivity index (χ1n) is 1.72. The van der Waals surface area contributed by atoms with E-state index < -0.39 is 0 Å². The van der Waals surface area contributed by atoms with E-state index in [-0.39, 0.29) is 32.7 Å². The summed E-state index contributed by atoms with van der Waals surface area (Å²) >= 11 is 0. The second-order valence-corrected chi connectivity index (χ2v) is 1.14. The number of hydrogen-bond acceptors (Lipinski definition) is 0. The van der Waals surface area contributed by atoms with Crippen LogP contribution in [0.4, 0.5) is 0 Å². The van der Waals surface area contributed by atoms with Gasteiger partial charge in [-0.25, -0.2) is 18.6 Å². The molecule has 0 bridgehead atoms. The Kier molecular flexibility index (Phi) is 9.39. The molecule has 1 radical (unpaired) electrons. The fourth-order valence-corrected chi connectivity index (χ4v) is 0. The SMILES string of the molecule is C=C(C)[CH-]C.[Y]. The normalized spacial score (nSPS) is 5.67. The zero-order valence-corrected chi connectivity index (χ0v) is 7.20. The topological polar surface area (TPSA) is 0 Å². The van der Waals surface area contributed by atoms with Gasteiger partial charge >= 0.3 is 0 Å². The number of hydrogen-bond donors (Lipinski definition) is 0. The second kappa shape index (κ2) is 5.71. The standard InChI is InChI=1S/C5H9.Y/c1-4-5(2)3;/h4H,2H2,1,3H3;/q-1;. The average molecular weight is 158 g/mol. The molecule has 0 aromatic heterocycles. The van der Waals surface area contributed by atoms with Crippen LogP contribution in [0, 0.1) is 6.42 Å². The summed E-state index contributed by atoms with van der Waals surface area (Å²) in [5.41, 5.74) is 1.13. The maximum Gasteiger partial charge on any atom is 0 e. The summed E-state index contributed by atoms with van der Waals surface area (Å²) in [6.07, 6.45) is 1.97. The van der Waals surface area contributed by atoms with Gasteiger partial charge in [-0.3, -0.25) is 0 Å². The molecule has 0 aliphatic heterocycles. The van der Waals surface area contributed by atoms with Crippen molar-refractivity contribution in [3.8, 4) is 0 Å². The van der Waals surface area contributed by atoms with Crippen LogP contribution in [0.1, 0.15) is 13.8 Å². The monoisotopic (exact) mass is 158 g/mol. The van der Waals surface area contributed by atoms with Crippen molar-refractivity contribution >= 4 is 0 Å². The molecule has 0 aliphatic rings. The molecular formula is C5H9Y-. The Morgan fingerprint density at radius 1 is 1.67 bits per heavy atom. The molecule has 0 unspecified atom stereocenters. The predicted molar refractivity (Wildman–Crippen MR) is 24.8 cm³/mol. The van der Waals surface area contributed by atoms with Crippen molar-refractivity contribution in [3.63, 3.8) is 0 Å². The van der Waals surface area contributed by atoms with E-state index in [9.17, 15) is 0 Å². The Morgan fingerprint density at radius 3 is 1.83 bits per heavy atom. The van der Waals surface area contributed by atoms with Crippen molar-refractivity contribution < 1.29 is 32.7 Å². The molecule has 33 valence electrons. The third-order valence-electron chi connectivity index (χ3n) is 0.493. The summed E-state index contributed by atoms with van der Waals surface area (Å²) in [5, 5.41) is 0. The van der Waals surface area contributed by atoms with Gasteiger partial charge in [-0.1, -0.05) is 6.92 Å². The van der Waals surface area contributed by atoms with Crippen molar-refractivity contribution in [2.45, 2.75) is 13.8 Å². The van der Waals surface area contributed by atoms with Crippen LogP contribution < -0.4 is 0 Å². The van der Waals surface area contributed by atoms with Gasteiger partial charge in [0.25, 0.3) is 0 Å². The molecule has 0 nitrogen and oxygen atoms in total. The first-order chi connectivity index (χ1) is 2.27. The van der Waals surface area contributed by atoms with Gasteiger partial charge < -0.3 is 0 Å². The quantitative estimate of drug-likeness (QED) is 0.510. The fourth-order valence-electron chi connectivity index (χ4n) is 0. The van der Waals surface area contributed by atoms with Gasteiger partial charge in [-0.05, 0) is 0 Å². The van der Waals surface area contributed by atoms with Crippen LogP contribution in [-0.2, 0) is 32.7 Å². The van der Waals surface area contributed by atoms with E-state index in [1.165, 1.54) is 0 Å². The second-order valence-electron chi connectivity index (χ2n) is 1.14. The summed E-state index contributed by atoms with van der Waals surface area (Å²) in [5.74, 6) is 0. The van der Waals surface area contributed by atoms with Gasteiger partial charge in [0.2, 0.25) is 0 Å². The first kappa shape index (κ1) is 9.86. The summed E-state index contributed by atoms with van der Waals surface area (Å²) < 4.78 is 0. The molecule has 0 spiro atoms. The van der Waals surface area contributed by atoms with E-state index in [2.05, 4.69) is 6.58 Å². The summed E-state index contributed by atoms with van der Waals surface area (Å²) in [7, 11) is 0. The minimum absolute atomic E-state index is 0.